The second-order valence-electron chi connectivity index (χ2n) is 5.97. The van der Waals surface area contributed by atoms with Crippen LogP contribution in [0.1, 0.15) is 15.9 Å². The summed E-state index contributed by atoms with van der Waals surface area (Å²) in [4.78, 5) is 12.7. The maximum absolute atomic E-state index is 15.9. The number of benzene rings is 2. The fraction of sp³-hybridized carbons (Fsp3) is 0.222. The first kappa shape index (κ1) is 18.8. The number of alkyl halides is 4. The summed E-state index contributed by atoms with van der Waals surface area (Å²) in [7, 11) is 0. The van der Waals surface area contributed by atoms with Gasteiger partial charge in [0.2, 0.25) is 5.78 Å². The van der Waals surface area contributed by atoms with Crippen LogP contribution < -0.4 is 0 Å². The highest BCUT2D eigenvalue weighted by molar-refractivity contribution is 6.02. The lowest BCUT2D eigenvalue weighted by Gasteiger charge is -2.33. The molecule has 2 aromatic rings. The SMILES string of the molecule is O=C(c1ccccc1)C(F)(Cc1ccc(F)cc1)N1CN(C(F)(F)F)C=N1. The van der Waals surface area contributed by atoms with E-state index < -0.39 is 36.8 Å². The molecule has 0 aromatic heterocycles. The van der Waals surface area contributed by atoms with Crippen molar-refractivity contribution in [3.63, 3.8) is 0 Å². The monoisotopic (exact) mass is 383 g/mol. The van der Waals surface area contributed by atoms with E-state index in [9.17, 15) is 22.4 Å². The molecule has 0 radical (unpaired) electrons. The number of Topliss-reactive ketones (excluding diaryl/α,β-unsaturated/α-hetero) is 1. The fourth-order valence-corrected chi connectivity index (χ4v) is 2.66. The van der Waals surface area contributed by atoms with Crippen LogP contribution in [0.5, 0.6) is 0 Å². The van der Waals surface area contributed by atoms with E-state index in [1.807, 2.05) is 0 Å². The Hall–Kier alpha value is -2.97. The van der Waals surface area contributed by atoms with E-state index in [1.165, 1.54) is 36.4 Å². The lowest BCUT2D eigenvalue weighted by molar-refractivity contribution is -0.224. The molecule has 1 atom stereocenters. The van der Waals surface area contributed by atoms with Crippen LogP contribution in [0.3, 0.4) is 0 Å². The van der Waals surface area contributed by atoms with Gasteiger partial charge in [0, 0.05) is 12.0 Å². The van der Waals surface area contributed by atoms with Crippen LogP contribution in [0, 0.1) is 5.82 Å². The topological polar surface area (TPSA) is 35.9 Å². The fourth-order valence-electron chi connectivity index (χ4n) is 2.66. The number of carbonyl (C=O) groups excluding carboxylic acids is 1. The largest absolute Gasteiger partial charge is 0.487 e. The summed E-state index contributed by atoms with van der Waals surface area (Å²) in [6.45, 7) is -0.972. The molecule has 9 heteroatoms. The van der Waals surface area contributed by atoms with Crippen molar-refractivity contribution in [2.45, 2.75) is 18.5 Å². The van der Waals surface area contributed by atoms with Gasteiger partial charge >= 0.3 is 6.30 Å². The van der Waals surface area contributed by atoms with Crippen molar-refractivity contribution < 1.29 is 26.7 Å². The van der Waals surface area contributed by atoms with Crippen molar-refractivity contribution in [2.24, 2.45) is 5.10 Å². The molecule has 0 fully saturated rings. The summed E-state index contributed by atoms with van der Waals surface area (Å²) < 4.78 is 67.6. The molecule has 27 heavy (non-hydrogen) atoms. The summed E-state index contributed by atoms with van der Waals surface area (Å²) in [5, 5.41) is 3.92. The van der Waals surface area contributed by atoms with Crippen molar-refractivity contribution in [3.05, 3.63) is 71.5 Å². The van der Waals surface area contributed by atoms with E-state index in [0.717, 1.165) is 12.1 Å². The number of nitrogens with zero attached hydrogens (tertiary/aromatic N) is 3. The number of hydrogen-bond acceptors (Lipinski definition) is 4. The Morgan fingerprint density at radius 3 is 2.19 bits per heavy atom. The van der Waals surface area contributed by atoms with Crippen molar-refractivity contribution in [3.8, 4) is 0 Å². The average molecular weight is 383 g/mol. The molecule has 3 rings (SSSR count). The Morgan fingerprint density at radius 1 is 1.00 bits per heavy atom. The van der Waals surface area contributed by atoms with Gasteiger partial charge < -0.3 is 0 Å². The number of hydrogen-bond donors (Lipinski definition) is 0. The Kier molecular flexibility index (Phi) is 4.86. The molecule has 2 aromatic carbocycles. The van der Waals surface area contributed by atoms with Crippen molar-refractivity contribution in [1.82, 2.24) is 9.91 Å². The first-order valence-corrected chi connectivity index (χ1v) is 7.88. The average Bonchev–Trinajstić information content (AvgIpc) is 3.15. The highest BCUT2D eigenvalue weighted by atomic mass is 19.4. The molecule has 0 saturated carbocycles. The number of rotatable bonds is 5. The molecule has 1 aliphatic heterocycles. The van der Waals surface area contributed by atoms with Crippen LogP contribution in [0.25, 0.3) is 0 Å². The zero-order chi connectivity index (χ0) is 19.7. The minimum atomic E-state index is -4.76. The van der Waals surface area contributed by atoms with Gasteiger partial charge in [0.25, 0.3) is 5.79 Å². The minimum Gasteiger partial charge on any atom is -0.288 e. The molecule has 0 aliphatic carbocycles. The van der Waals surface area contributed by atoms with Crippen molar-refractivity contribution in [2.75, 3.05) is 6.67 Å². The molecule has 0 bridgehead atoms. The lowest BCUT2D eigenvalue weighted by atomic mass is 9.94. The molecule has 0 amide bonds. The molecule has 1 heterocycles. The molecule has 0 N–H and O–H groups in total. The van der Waals surface area contributed by atoms with E-state index in [0.29, 0.717) is 11.3 Å². The zero-order valence-corrected chi connectivity index (χ0v) is 13.8. The van der Waals surface area contributed by atoms with Crippen LogP contribution >= 0.6 is 0 Å². The first-order chi connectivity index (χ1) is 12.7. The number of hydrazone groups is 1. The van der Waals surface area contributed by atoms with Gasteiger partial charge in [-0.15, -0.1) is 13.2 Å². The molecule has 1 aliphatic rings. The summed E-state index contributed by atoms with van der Waals surface area (Å²) in [6, 6.07) is 12.1. The minimum absolute atomic E-state index is 0.0113. The zero-order valence-electron chi connectivity index (χ0n) is 13.8. The highest BCUT2D eigenvalue weighted by Crippen LogP contribution is 2.32. The van der Waals surface area contributed by atoms with Crippen LogP contribution in [-0.2, 0) is 6.42 Å². The molecule has 4 nitrogen and oxygen atoms in total. The lowest BCUT2D eigenvalue weighted by Crippen LogP contribution is -2.52. The predicted octanol–water partition coefficient (Wildman–Crippen LogP) is 3.96. The number of halogens is 5. The predicted molar refractivity (Wildman–Crippen MR) is 87.8 cm³/mol. The third-order valence-corrected chi connectivity index (χ3v) is 4.09. The smallest absolute Gasteiger partial charge is 0.288 e. The molecule has 0 saturated heterocycles. The van der Waals surface area contributed by atoms with Gasteiger partial charge in [0.1, 0.15) is 18.8 Å². The highest BCUT2D eigenvalue weighted by Gasteiger charge is 2.50. The summed E-state index contributed by atoms with van der Waals surface area (Å²) >= 11 is 0. The summed E-state index contributed by atoms with van der Waals surface area (Å²) in [6.07, 6.45) is -4.92. The Bertz CT molecular complexity index is 838. The van der Waals surface area contributed by atoms with Gasteiger partial charge in [-0.3, -0.25) is 9.69 Å². The van der Waals surface area contributed by atoms with E-state index in [4.69, 9.17) is 0 Å². The Balaban J connectivity index is 1.95. The van der Waals surface area contributed by atoms with E-state index in [-0.39, 0.29) is 16.0 Å². The van der Waals surface area contributed by atoms with Gasteiger partial charge in [-0.25, -0.2) is 13.8 Å². The molecule has 142 valence electrons. The molecule has 1 unspecified atom stereocenters. The Labute approximate surface area is 151 Å². The number of carbonyl (C=O) groups is 1. The Morgan fingerprint density at radius 2 is 1.63 bits per heavy atom. The van der Waals surface area contributed by atoms with Gasteiger partial charge in [0.15, 0.2) is 0 Å². The van der Waals surface area contributed by atoms with Crippen LogP contribution in [0.2, 0.25) is 0 Å². The van der Waals surface area contributed by atoms with E-state index >= 15 is 4.39 Å². The third-order valence-electron chi connectivity index (χ3n) is 4.09. The molecule has 0 spiro atoms. The maximum atomic E-state index is 15.9. The summed E-state index contributed by atoms with van der Waals surface area (Å²) in [5.74, 6) is -4.47. The quantitative estimate of drug-likeness (QED) is 0.446. The van der Waals surface area contributed by atoms with Crippen LogP contribution in [0.4, 0.5) is 22.0 Å². The second kappa shape index (κ2) is 6.98. The second-order valence-corrected chi connectivity index (χ2v) is 5.97. The van der Waals surface area contributed by atoms with Gasteiger partial charge in [-0.05, 0) is 17.7 Å². The third kappa shape index (κ3) is 3.91. The van der Waals surface area contributed by atoms with Crippen molar-refractivity contribution >= 4 is 12.1 Å². The normalized spacial score (nSPS) is 16.5. The van der Waals surface area contributed by atoms with Crippen molar-refractivity contribution in [1.29, 1.82) is 0 Å². The summed E-state index contributed by atoms with van der Waals surface area (Å²) in [5.41, 5.74) is 0.228. The van der Waals surface area contributed by atoms with Gasteiger partial charge in [-0.1, -0.05) is 42.5 Å². The maximum Gasteiger partial charge on any atom is 0.487 e. The van der Waals surface area contributed by atoms with Gasteiger partial charge in [-0.2, -0.15) is 5.10 Å². The molecular weight excluding hydrogens is 369 g/mol. The first-order valence-electron chi connectivity index (χ1n) is 7.88. The number of ketones is 1. The molecular formula is C18H14F5N3O. The van der Waals surface area contributed by atoms with E-state index in [2.05, 4.69) is 5.10 Å². The van der Waals surface area contributed by atoms with E-state index in [1.54, 1.807) is 6.07 Å². The van der Waals surface area contributed by atoms with Gasteiger partial charge in [0.05, 0.1) is 0 Å². The standard InChI is InChI=1S/C18H14F5N3O/c19-15-8-6-13(7-9-15)10-17(20,16(27)14-4-2-1-3-5-14)26-12-25(11-24-26)18(21,22)23/h1-9,11H,10,12H2. The van der Waals surface area contributed by atoms with Crippen LogP contribution in [-0.4, -0.2) is 40.8 Å². The van der Waals surface area contributed by atoms with Crippen LogP contribution in [0.15, 0.2) is 59.7 Å².